The molecule has 9 rings (SSSR count). The van der Waals surface area contributed by atoms with E-state index >= 15 is 0 Å². The number of hydrogen-bond donors (Lipinski definition) is 1. The molecule has 4 heterocycles. The lowest BCUT2D eigenvalue weighted by Crippen LogP contribution is -2.85. The van der Waals surface area contributed by atoms with Gasteiger partial charge in [0.15, 0.2) is 0 Å². The molecule has 1 N–H and O–H groups in total. The van der Waals surface area contributed by atoms with E-state index in [1.807, 2.05) is 41.3 Å². The van der Waals surface area contributed by atoms with Gasteiger partial charge in [0.2, 0.25) is 11.8 Å². The van der Waals surface area contributed by atoms with Crippen LogP contribution in [-0.2, 0) is 20.9 Å². The van der Waals surface area contributed by atoms with Crippen molar-refractivity contribution in [3.05, 3.63) is 83.4 Å². The van der Waals surface area contributed by atoms with Gasteiger partial charge in [0, 0.05) is 68.1 Å². The summed E-state index contributed by atoms with van der Waals surface area (Å²) in [5.74, 6) is 2.61. The van der Waals surface area contributed by atoms with Crippen LogP contribution in [0.5, 0.6) is 0 Å². The topological polar surface area (TPSA) is 113 Å². The molecule has 0 bridgehead atoms. The Morgan fingerprint density at radius 1 is 0.870 bits per heavy atom. The lowest BCUT2D eigenvalue weighted by atomic mass is 9.40. The zero-order valence-electron chi connectivity index (χ0n) is 32.0. The molecule has 0 radical (unpaired) electrons. The molecule has 3 aromatic rings. The molecule has 2 spiro atoms. The first-order chi connectivity index (χ1) is 26.2. The fourth-order valence-electron chi connectivity index (χ4n) is 11.2. The molecular weight excluding hydrogens is 679 g/mol. The van der Waals surface area contributed by atoms with Crippen LogP contribution in [-0.4, -0.2) is 92.2 Å². The Labute approximate surface area is 318 Å². The molecule has 5 atom stereocenters. The number of rotatable bonds is 11. The van der Waals surface area contributed by atoms with Crippen LogP contribution in [0.2, 0.25) is 0 Å². The second-order valence-corrected chi connectivity index (χ2v) is 17.6. The zero-order chi connectivity index (χ0) is 37.2. The maximum atomic E-state index is 13.6. The van der Waals surface area contributed by atoms with E-state index in [1.165, 1.54) is 12.8 Å². The quantitative estimate of drug-likeness (QED) is 0.257. The van der Waals surface area contributed by atoms with Crippen molar-refractivity contribution in [2.75, 3.05) is 32.7 Å². The SMILES string of the molecule is Cc1nnc(C(C)C)n1C1CC2N(CC[C@H](NC(=O)C3CN(C(=O)C4CC5(CCN(C(=O)OCc6ccccc6)CC5)C4)C3)c3ccccc3)C3CCC321. The third-order valence-corrected chi connectivity index (χ3v) is 14.4. The highest BCUT2D eigenvalue weighted by Gasteiger charge is 2.75. The molecule has 11 heteroatoms. The molecule has 3 saturated carbocycles. The fourth-order valence-corrected chi connectivity index (χ4v) is 11.2. The number of likely N-dealkylation sites (tertiary alicyclic amines) is 3. The third-order valence-electron chi connectivity index (χ3n) is 14.4. The second kappa shape index (κ2) is 13.8. The Balaban J connectivity index is 0.735. The standard InChI is InChI=1S/C43H55N7O4/c1-28(2)38-46-45-29(3)50(38)37-22-36-43(37)16-14-35(43)49(36)19-15-34(31-12-8-5-9-13-31)44-39(51)33-25-48(26-33)40(52)32-23-42(24-32)17-20-47(21-18-42)41(53)54-27-30-10-6-4-7-11-30/h4-13,28,32-37H,14-27H2,1-3H3,(H,44,51)/t34-,35?,36?,37?,43?/m0/s1. The second-order valence-electron chi connectivity index (χ2n) is 17.6. The van der Waals surface area contributed by atoms with Crippen molar-refractivity contribution >= 4 is 17.9 Å². The summed E-state index contributed by atoms with van der Waals surface area (Å²) in [6.45, 7) is 10.1. The number of carbonyl (C=O) groups excluding carboxylic acids is 3. The molecule has 3 amide bonds. The fraction of sp³-hybridized carbons (Fsp3) is 0.605. The predicted molar refractivity (Wildman–Crippen MR) is 203 cm³/mol. The van der Waals surface area contributed by atoms with Crippen molar-refractivity contribution in [1.82, 2.24) is 34.8 Å². The number of nitrogens with zero attached hydrogens (tertiary/aromatic N) is 6. The van der Waals surface area contributed by atoms with Crippen LogP contribution in [0.15, 0.2) is 60.7 Å². The van der Waals surface area contributed by atoms with Crippen LogP contribution in [0.4, 0.5) is 4.79 Å². The zero-order valence-corrected chi connectivity index (χ0v) is 32.0. The highest BCUT2D eigenvalue weighted by atomic mass is 16.6. The Morgan fingerprint density at radius 2 is 1.57 bits per heavy atom. The summed E-state index contributed by atoms with van der Waals surface area (Å²) in [6.07, 6.45) is 7.84. The van der Waals surface area contributed by atoms with Crippen LogP contribution in [0.25, 0.3) is 0 Å². The predicted octanol–water partition coefficient (Wildman–Crippen LogP) is 6.02. The summed E-state index contributed by atoms with van der Waals surface area (Å²) in [7, 11) is 0. The summed E-state index contributed by atoms with van der Waals surface area (Å²) in [5, 5.41) is 12.4. The molecular formula is C43H55N7O4. The van der Waals surface area contributed by atoms with E-state index < -0.39 is 0 Å². The van der Waals surface area contributed by atoms with E-state index in [0.717, 1.165) is 67.8 Å². The molecule has 3 saturated heterocycles. The summed E-state index contributed by atoms with van der Waals surface area (Å²) in [5.41, 5.74) is 2.62. The first-order valence-electron chi connectivity index (χ1n) is 20.4. The van der Waals surface area contributed by atoms with Gasteiger partial charge in [0.25, 0.3) is 0 Å². The number of ether oxygens (including phenoxy) is 1. The smallest absolute Gasteiger partial charge is 0.410 e. The van der Waals surface area contributed by atoms with E-state index in [0.29, 0.717) is 55.6 Å². The van der Waals surface area contributed by atoms with Crippen LogP contribution >= 0.6 is 0 Å². The average Bonchev–Trinajstić information content (AvgIpc) is 3.51. The molecule has 286 valence electrons. The van der Waals surface area contributed by atoms with Gasteiger partial charge in [0.05, 0.1) is 12.0 Å². The summed E-state index contributed by atoms with van der Waals surface area (Å²) in [4.78, 5) is 46.2. The van der Waals surface area contributed by atoms with Gasteiger partial charge in [-0.15, -0.1) is 10.2 Å². The van der Waals surface area contributed by atoms with Crippen LogP contribution in [0.1, 0.15) is 106 Å². The highest BCUT2D eigenvalue weighted by Crippen LogP contribution is 2.73. The number of nitrogens with one attached hydrogen (secondary N) is 1. The van der Waals surface area contributed by atoms with Gasteiger partial charge in [0.1, 0.15) is 18.3 Å². The molecule has 4 unspecified atom stereocenters. The van der Waals surface area contributed by atoms with Crippen molar-refractivity contribution < 1.29 is 19.1 Å². The molecule has 11 nitrogen and oxygen atoms in total. The van der Waals surface area contributed by atoms with E-state index in [-0.39, 0.29) is 47.8 Å². The Kier molecular flexibility index (Phi) is 9.06. The normalized spacial score (nSPS) is 27.7. The Morgan fingerprint density at radius 3 is 2.22 bits per heavy atom. The molecule has 1 aromatic heterocycles. The minimum absolute atomic E-state index is 0.0230. The van der Waals surface area contributed by atoms with Crippen LogP contribution < -0.4 is 5.32 Å². The van der Waals surface area contributed by atoms with Crippen molar-refractivity contribution in [3.63, 3.8) is 0 Å². The van der Waals surface area contributed by atoms with Crippen LogP contribution in [0, 0.1) is 29.6 Å². The van der Waals surface area contributed by atoms with Gasteiger partial charge in [-0.1, -0.05) is 74.5 Å². The van der Waals surface area contributed by atoms with Gasteiger partial charge in [-0.3, -0.25) is 14.5 Å². The van der Waals surface area contributed by atoms with Gasteiger partial charge >= 0.3 is 6.09 Å². The Bertz CT molecular complexity index is 1850. The molecule has 2 aromatic carbocycles. The molecule has 54 heavy (non-hydrogen) atoms. The van der Waals surface area contributed by atoms with Gasteiger partial charge < -0.3 is 24.4 Å². The summed E-state index contributed by atoms with van der Waals surface area (Å²) < 4.78 is 7.99. The van der Waals surface area contributed by atoms with Crippen molar-refractivity contribution in [2.24, 2.45) is 22.7 Å². The van der Waals surface area contributed by atoms with E-state index in [4.69, 9.17) is 4.74 Å². The van der Waals surface area contributed by atoms with E-state index in [1.54, 1.807) is 4.90 Å². The number of piperidine rings is 3. The number of aryl methyl sites for hydroxylation is 1. The largest absolute Gasteiger partial charge is 0.445 e. The van der Waals surface area contributed by atoms with Crippen molar-refractivity contribution in [2.45, 2.75) is 109 Å². The lowest BCUT2D eigenvalue weighted by molar-refractivity contribution is -0.295. The molecule has 3 aliphatic heterocycles. The minimum atomic E-state index is -0.257. The maximum Gasteiger partial charge on any atom is 0.410 e. The van der Waals surface area contributed by atoms with Crippen molar-refractivity contribution in [3.8, 4) is 0 Å². The maximum absolute atomic E-state index is 13.6. The average molecular weight is 734 g/mol. The first kappa shape index (κ1) is 35.5. The summed E-state index contributed by atoms with van der Waals surface area (Å²) in [6, 6.07) is 21.8. The number of aromatic nitrogens is 3. The number of benzene rings is 2. The van der Waals surface area contributed by atoms with E-state index in [2.05, 4.69) is 70.0 Å². The number of carbonyl (C=O) groups is 3. The number of hydrogen-bond acceptors (Lipinski definition) is 7. The van der Waals surface area contributed by atoms with E-state index in [9.17, 15) is 14.4 Å². The number of amides is 3. The third kappa shape index (κ3) is 5.92. The monoisotopic (exact) mass is 733 g/mol. The van der Waals surface area contributed by atoms with Gasteiger partial charge in [-0.25, -0.2) is 4.79 Å². The van der Waals surface area contributed by atoms with Gasteiger partial charge in [-0.05, 0) is 74.8 Å². The molecule has 6 aliphatic rings. The van der Waals surface area contributed by atoms with Gasteiger partial charge in [-0.2, -0.15) is 0 Å². The first-order valence-corrected chi connectivity index (χ1v) is 20.4. The lowest BCUT2D eigenvalue weighted by Gasteiger charge is -2.80. The highest BCUT2D eigenvalue weighted by molar-refractivity contribution is 5.86. The Hall–Kier alpha value is -4.25. The van der Waals surface area contributed by atoms with Crippen LogP contribution in [0.3, 0.4) is 0 Å². The molecule has 6 fully saturated rings. The minimum Gasteiger partial charge on any atom is -0.445 e. The molecule has 3 aliphatic carbocycles. The summed E-state index contributed by atoms with van der Waals surface area (Å²) >= 11 is 0. The van der Waals surface area contributed by atoms with Crippen molar-refractivity contribution in [1.29, 1.82) is 0 Å².